The minimum atomic E-state index is -1.31. The van der Waals surface area contributed by atoms with Crippen molar-refractivity contribution in [1.29, 1.82) is 0 Å². The second-order valence-electron chi connectivity index (χ2n) is 5.60. The van der Waals surface area contributed by atoms with Gasteiger partial charge in [-0.25, -0.2) is 19.2 Å². The normalized spacial score (nSPS) is 22.4. The van der Waals surface area contributed by atoms with E-state index in [0.29, 0.717) is 0 Å². The Morgan fingerprint density at radius 1 is 0.885 bits per heavy atom. The lowest BCUT2D eigenvalue weighted by molar-refractivity contribution is -0.191. The van der Waals surface area contributed by atoms with Crippen molar-refractivity contribution in [2.24, 2.45) is 0 Å². The highest BCUT2D eigenvalue weighted by atomic mass is 16.6. The smallest absolute Gasteiger partial charge is 0.347 e. The van der Waals surface area contributed by atoms with Crippen LogP contribution in [0.15, 0.2) is 0 Å². The molecule has 0 bridgehead atoms. The molecular weight excluding hydrogens is 352 g/mol. The Morgan fingerprint density at radius 3 is 1.62 bits per heavy atom. The number of carbonyl (C=O) groups is 5. The molecule has 0 aliphatic carbocycles. The minimum Gasteiger partial charge on any atom is -0.452 e. The van der Waals surface area contributed by atoms with Crippen LogP contribution in [-0.4, -0.2) is 65.3 Å². The van der Waals surface area contributed by atoms with E-state index < -0.39 is 54.4 Å². The maximum atomic E-state index is 11.3. The van der Waals surface area contributed by atoms with E-state index in [0.717, 1.165) is 0 Å². The fourth-order valence-electron chi connectivity index (χ4n) is 1.31. The van der Waals surface area contributed by atoms with Gasteiger partial charge in [-0.2, -0.15) is 0 Å². The lowest BCUT2D eigenvalue weighted by atomic mass is 10.3. The summed E-state index contributed by atoms with van der Waals surface area (Å²) in [5.74, 6) is -3.00. The molecule has 0 aromatic heterocycles. The molecule has 1 saturated heterocycles. The van der Waals surface area contributed by atoms with Crippen LogP contribution in [0.4, 0.5) is 0 Å². The van der Waals surface area contributed by atoms with E-state index in [1.807, 2.05) is 0 Å². The van der Waals surface area contributed by atoms with Gasteiger partial charge in [0.15, 0.2) is 30.2 Å². The van der Waals surface area contributed by atoms with Gasteiger partial charge >= 0.3 is 23.9 Å². The van der Waals surface area contributed by atoms with Gasteiger partial charge in [0.1, 0.15) is 6.10 Å². The van der Waals surface area contributed by atoms with Gasteiger partial charge in [0.05, 0.1) is 0 Å². The van der Waals surface area contributed by atoms with Crippen molar-refractivity contribution in [3.8, 4) is 0 Å². The number of hydrogen-bond donors (Lipinski definition) is 1. The number of ether oxygens (including phenoxy) is 4. The van der Waals surface area contributed by atoms with Crippen LogP contribution in [0.1, 0.15) is 41.5 Å². The minimum absolute atomic E-state index is 0.303. The molecule has 0 radical (unpaired) electrons. The third-order valence-electron chi connectivity index (χ3n) is 3.08. The average molecular weight is 376 g/mol. The van der Waals surface area contributed by atoms with Crippen LogP contribution in [0.2, 0.25) is 0 Å². The Bertz CT molecular complexity index is 533. The molecule has 26 heavy (non-hydrogen) atoms. The van der Waals surface area contributed by atoms with Gasteiger partial charge in [-0.15, -0.1) is 0 Å². The number of cyclic esters (lactones) is 2. The van der Waals surface area contributed by atoms with E-state index in [1.54, 1.807) is 0 Å². The molecular formula is C16H24O10. The molecule has 0 aromatic rings. The molecule has 0 amide bonds. The zero-order valence-corrected chi connectivity index (χ0v) is 15.5. The van der Waals surface area contributed by atoms with Crippen molar-refractivity contribution in [2.45, 2.75) is 72.1 Å². The lowest BCUT2D eigenvalue weighted by Gasteiger charge is -2.22. The number of aliphatic hydroxyl groups is 1. The van der Waals surface area contributed by atoms with Crippen LogP contribution in [0.5, 0.6) is 0 Å². The van der Waals surface area contributed by atoms with Gasteiger partial charge in [-0.05, 0) is 41.5 Å². The molecule has 1 fully saturated rings. The number of Topliss-reactive ketones (excluding diaryl/α,β-unsaturated/α-hetero) is 1. The van der Waals surface area contributed by atoms with Crippen molar-refractivity contribution in [2.75, 3.05) is 0 Å². The number of ketones is 1. The third kappa shape index (κ3) is 8.06. The average Bonchev–Trinajstić information content (AvgIpc) is 2.53. The highest BCUT2D eigenvalue weighted by molar-refractivity contribution is 5.87. The Balaban J connectivity index is 0.000000531. The summed E-state index contributed by atoms with van der Waals surface area (Å²) in [5.41, 5.74) is 0. The standard InChI is InChI=1S/C10H16O6.C6H8O4/c1-5(11)7(3)15-10(14)8(4)16-9(13)6(2)12;1-3-5(7)10-4(2)6(8)9-3/h6-8,12H,1-4H3;3-4H,1-2H3. The molecule has 1 aliphatic heterocycles. The van der Waals surface area contributed by atoms with E-state index in [1.165, 1.54) is 41.5 Å². The monoisotopic (exact) mass is 376 g/mol. The first-order valence-corrected chi connectivity index (χ1v) is 7.87. The van der Waals surface area contributed by atoms with Gasteiger partial charge in [-0.1, -0.05) is 0 Å². The summed E-state index contributed by atoms with van der Waals surface area (Å²) >= 11 is 0. The van der Waals surface area contributed by atoms with E-state index in [2.05, 4.69) is 14.2 Å². The molecule has 5 unspecified atom stereocenters. The molecule has 10 heteroatoms. The molecule has 0 saturated carbocycles. The molecule has 0 aromatic carbocycles. The van der Waals surface area contributed by atoms with Crippen molar-refractivity contribution < 1.29 is 48.0 Å². The molecule has 0 spiro atoms. The lowest BCUT2D eigenvalue weighted by Crippen LogP contribution is -2.40. The third-order valence-corrected chi connectivity index (χ3v) is 3.08. The second-order valence-corrected chi connectivity index (χ2v) is 5.60. The fraction of sp³-hybridized carbons (Fsp3) is 0.688. The highest BCUT2D eigenvalue weighted by Gasteiger charge is 2.32. The van der Waals surface area contributed by atoms with Crippen molar-refractivity contribution in [1.82, 2.24) is 0 Å². The number of rotatable bonds is 5. The molecule has 1 heterocycles. The summed E-state index contributed by atoms with van der Waals surface area (Å²) in [7, 11) is 0. The molecule has 10 nitrogen and oxygen atoms in total. The van der Waals surface area contributed by atoms with Crippen LogP contribution >= 0.6 is 0 Å². The summed E-state index contributed by atoms with van der Waals surface area (Å²) in [6.07, 6.45) is -4.82. The summed E-state index contributed by atoms with van der Waals surface area (Å²) < 4.78 is 18.5. The Labute approximate surface area is 150 Å². The number of hydrogen-bond acceptors (Lipinski definition) is 10. The maximum Gasteiger partial charge on any atom is 0.347 e. The van der Waals surface area contributed by atoms with E-state index in [4.69, 9.17) is 9.84 Å². The van der Waals surface area contributed by atoms with Gasteiger partial charge < -0.3 is 24.1 Å². The van der Waals surface area contributed by atoms with E-state index >= 15 is 0 Å². The second kappa shape index (κ2) is 10.5. The summed E-state index contributed by atoms with van der Waals surface area (Å²) in [6.45, 7) is 8.18. The van der Waals surface area contributed by atoms with Crippen molar-refractivity contribution >= 4 is 29.7 Å². The number of carbonyl (C=O) groups excluding carboxylic acids is 5. The Morgan fingerprint density at radius 2 is 1.27 bits per heavy atom. The summed E-state index contributed by atoms with van der Waals surface area (Å²) in [6, 6.07) is 0. The predicted octanol–water partition coefficient (Wildman–Crippen LogP) is -0.317. The van der Waals surface area contributed by atoms with Crippen LogP contribution < -0.4 is 0 Å². The van der Waals surface area contributed by atoms with Crippen LogP contribution in [-0.2, 0) is 42.9 Å². The predicted molar refractivity (Wildman–Crippen MR) is 84.6 cm³/mol. The number of esters is 4. The SMILES string of the molecule is CC(=O)C(C)OC(=O)C(C)OC(=O)C(C)O.CC1OC(=O)C(C)OC1=O. The zero-order chi connectivity index (χ0) is 20.6. The largest absolute Gasteiger partial charge is 0.452 e. The fourth-order valence-corrected chi connectivity index (χ4v) is 1.31. The quantitative estimate of drug-likeness (QED) is 0.501. The van der Waals surface area contributed by atoms with Crippen molar-refractivity contribution in [3.05, 3.63) is 0 Å². The van der Waals surface area contributed by atoms with Gasteiger partial charge in [0.25, 0.3) is 0 Å². The van der Waals surface area contributed by atoms with Gasteiger partial charge in [0.2, 0.25) is 0 Å². The maximum absolute atomic E-state index is 11.3. The molecule has 1 aliphatic rings. The van der Waals surface area contributed by atoms with Gasteiger partial charge in [0, 0.05) is 0 Å². The number of aliphatic hydroxyl groups excluding tert-OH is 1. The molecule has 148 valence electrons. The van der Waals surface area contributed by atoms with E-state index in [-0.39, 0.29) is 5.78 Å². The molecule has 5 atom stereocenters. The van der Waals surface area contributed by atoms with Crippen LogP contribution in [0, 0.1) is 0 Å². The van der Waals surface area contributed by atoms with E-state index in [9.17, 15) is 24.0 Å². The highest BCUT2D eigenvalue weighted by Crippen LogP contribution is 2.08. The van der Waals surface area contributed by atoms with Gasteiger partial charge in [-0.3, -0.25) is 4.79 Å². The molecule has 1 N–H and O–H groups in total. The first-order valence-electron chi connectivity index (χ1n) is 7.87. The Kier molecular flexibility index (Phi) is 9.49. The molecule has 1 rings (SSSR count). The topological polar surface area (TPSA) is 143 Å². The first kappa shape index (κ1) is 23.5. The summed E-state index contributed by atoms with van der Waals surface area (Å²) in [5, 5.41) is 8.84. The zero-order valence-electron chi connectivity index (χ0n) is 15.5. The first-order chi connectivity index (χ1) is 11.9. The Hall–Kier alpha value is -2.49. The summed E-state index contributed by atoms with van der Waals surface area (Å²) in [4.78, 5) is 54.3. The van der Waals surface area contributed by atoms with Crippen LogP contribution in [0.25, 0.3) is 0 Å². The van der Waals surface area contributed by atoms with Crippen molar-refractivity contribution in [3.63, 3.8) is 0 Å². The van der Waals surface area contributed by atoms with Crippen LogP contribution in [0.3, 0.4) is 0 Å².